The summed E-state index contributed by atoms with van der Waals surface area (Å²) in [6, 6.07) is 27.1. The van der Waals surface area contributed by atoms with Crippen molar-refractivity contribution in [2.45, 2.75) is 5.16 Å². The second-order valence-corrected chi connectivity index (χ2v) is 9.29. The number of nitrogens with zero attached hydrogens (tertiary/aromatic N) is 1. The number of carbonyl (C=O) groups excluding carboxylic acids is 1. The van der Waals surface area contributed by atoms with E-state index in [4.69, 9.17) is 0 Å². The van der Waals surface area contributed by atoms with Crippen LogP contribution in [0.3, 0.4) is 0 Å². The smallest absolute Gasteiger partial charge is 0.260 e. The Bertz CT molecular complexity index is 1480. The van der Waals surface area contributed by atoms with Crippen LogP contribution in [0.2, 0.25) is 0 Å². The number of thioether (sulfide) groups is 1. The molecule has 0 spiro atoms. The van der Waals surface area contributed by atoms with Crippen molar-refractivity contribution in [3.63, 3.8) is 0 Å². The summed E-state index contributed by atoms with van der Waals surface area (Å²) in [4.78, 5) is 33.2. The van der Waals surface area contributed by atoms with Crippen molar-refractivity contribution in [1.29, 1.82) is 0 Å². The van der Waals surface area contributed by atoms with Gasteiger partial charge in [0, 0.05) is 28.0 Å². The van der Waals surface area contributed by atoms with E-state index >= 15 is 0 Å². The van der Waals surface area contributed by atoms with Crippen LogP contribution in [0.1, 0.15) is 0 Å². The van der Waals surface area contributed by atoms with Crippen molar-refractivity contribution < 1.29 is 4.79 Å². The van der Waals surface area contributed by atoms with Gasteiger partial charge in [0.2, 0.25) is 5.91 Å². The monoisotopic (exact) mass is 484 g/mol. The van der Waals surface area contributed by atoms with Crippen LogP contribution in [0.15, 0.2) is 100 Å². The van der Waals surface area contributed by atoms with Gasteiger partial charge in [-0.15, -0.1) is 11.3 Å². The highest BCUT2D eigenvalue weighted by Gasteiger charge is 2.14. The number of amides is 1. The van der Waals surface area contributed by atoms with Crippen LogP contribution in [-0.4, -0.2) is 21.6 Å². The number of nitrogens with one attached hydrogen (secondary N) is 3. The Balaban J connectivity index is 1.21. The van der Waals surface area contributed by atoms with Crippen LogP contribution < -0.4 is 16.2 Å². The molecule has 8 heteroatoms. The number of hydrogen-bond donors (Lipinski definition) is 3. The SMILES string of the molecule is O=C(CSc1nc2scc(-c3ccccc3)c2c(=O)[nH]1)Nc1ccc(Nc2ccccc2)cc1. The van der Waals surface area contributed by atoms with Gasteiger partial charge in [0.05, 0.1) is 11.1 Å². The Labute approximate surface area is 204 Å². The van der Waals surface area contributed by atoms with Gasteiger partial charge in [0.15, 0.2) is 5.16 Å². The van der Waals surface area contributed by atoms with Crippen molar-refractivity contribution in [1.82, 2.24) is 9.97 Å². The summed E-state index contributed by atoms with van der Waals surface area (Å²) in [6.07, 6.45) is 0. The Hall–Kier alpha value is -3.88. The lowest BCUT2D eigenvalue weighted by molar-refractivity contribution is -0.113. The van der Waals surface area contributed by atoms with Crippen LogP contribution in [0.25, 0.3) is 21.3 Å². The molecule has 2 aromatic heterocycles. The number of hydrogen-bond acceptors (Lipinski definition) is 6. The molecule has 168 valence electrons. The molecule has 0 unspecified atom stereocenters. The highest BCUT2D eigenvalue weighted by molar-refractivity contribution is 7.99. The van der Waals surface area contributed by atoms with E-state index in [0.29, 0.717) is 21.1 Å². The lowest BCUT2D eigenvalue weighted by Gasteiger charge is -2.08. The summed E-state index contributed by atoms with van der Waals surface area (Å²) in [5, 5.41) is 9.13. The molecule has 0 bridgehead atoms. The van der Waals surface area contributed by atoms with E-state index in [1.807, 2.05) is 90.3 Å². The van der Waals surface area contributed by atoms with Gasteiger partial charge in [-0.2, -0.15) is 0 Å². The van der Waals surface area contributed by atoms with Gasteiger partial charge in [-0.05, 0) is 42.0 Å². The quantitative estimate of drug-likeness (QED) is 0.191. The zero-order valence-corrected chi connectivity index (χ0v) is 19.6. The summed E-state index contributed by atoms with van der Waals surface area (Å²) >= 11 is 2.63. The first kappa shape index (κ1) is 21.9. The zero-order chi connectivity index (χ0) is 23.3. The fourth-order valence-electron chi connectivity index (χ4n) is 3.48. The Morgan fingerprint density at radius 3 is 2.26 bits per heavy atom. The summed E-state index contributed by atoms with van der Waals surface area (Å²) in [7, 11) is 0. The summed E-state index contributed by atoms with van der Waals surface area (Å²) in [6.45, 7) is 0. The predicted octanol–water partition coefficient (Wildman–Crippen LogP) is 6.13. The zero-order valence-electron chi connectivity index (χ0n) is 17.9. The van der Waals surface area contributed by atoms with Crippen molar-refractivity contribution in [2.24, 2.45) is 0 Å². The third-order valence-corrected chi connectivity index (χ3v) is 6.82. The molecule has 0 aliphatic heterocycles. The molecule has 0 atom stereocenters. The van der Waals surface area contributed by atoms with Crippen LogP contribution >= 0.6 is 23.1 Å². The van der Waals surface area contributed by atoms with E-state index in [1.54, 1.807) is 0 Å². The molecule has 5 aromatic rings. The topological polar surface area (TPSA) is 86.9 Å². The molecule has 2 heterocycles. The molecule has 3 aromatic carbocycles. The van der Waals surface area contributed by atoms with E-state index < -0.39 is 0 Å². The normalized spacial score (nSPS) is 10.8. The van der Waals surface area contributed by atoms with Crippen molar-refractivity contribution in [3.05, 3.63) is 101 Å². The molecule has 0 saturated heterocycles. The first-order valence-corrected chi connectivity index (χ1v) is 12.4. The minimum absolute atomic E-state index is 0.134. The number of aromatic amines is 1. The first-order valence-electron chi connectivity index (χ1n) is 10.6. The van der Waals surface area contributed by atoms with Crippen LogP contribution in [-0.2, 0) is 4.79 Å². The van der Waals surface area contributed by atoms with Gasteiger partial charge < -0.3 is 15.6 Å². The average molecular weight is 485 g/mol. The second-order valence-electron chi connectivity index (χ2n) is 7.47. The minimum Gasteiger partial charge on any atom is -0.356 e. The lowest BCUT2D eigenvalue weighted by atomic mass is 10.1. The van der Waals surface area contributed by atoms with Gasteiger partial charge in [0.1, 0.15) is 4.83 Å². The van der Waals surface area contributed by atoms with Gasteiger partial charge in [-0.25, -0.2) is 4.98 Å². The number of anilines is 3. The molecular weight excluding hydrogens is 464 g/mol. The fraction of sp³-hybridized carbons (Fsp3) is 0.0385. The Morgan fingerprint density at radius 2 is 1.53 bits per heavy atom. The number of carbonyl (C=O) groups is 1. The molecule has 0 radical (unpaired) electrons. The highest BCUT2D eigenvalue weighted by Crippen LogP contribution is 2.31. The molecule has 5 rings (SSSR count). The van der Waals surface area contributed by atoms with E-state index in [9.17, 15) is 9.59 Å². The largest absolute Gasteiger partial charge is 0.356 e. The second kappa shape index (κ2) is 9.94. The van der Waals surface area contributed by atoms with Gasteiger partial charge in [-0.3, -0.25) is 9.59 Å². The number of H-pyrrole nitrogens is 1. The standard InChI is InChI=1S/C26H20N4O2S2/c31-22(28-20-13-11-19(12-14-20)27-18-9-5-2-6-10-18)16-34-26-29-24(32)23-21(15-33-25(23)30-26)17-7-3-1-4-8-17/h1-15,27H,16H2,(H,28,31)(H,29,30,32). The fourth-order valence-corrected chi connectivity index (χ4v) is 5.15. The number of rotatable bonds is 7. The lowest BCUT2D eigenvalue weighted by Crippen LogP contribution is -2.15. The molecule has 0 saturated carbocycles. The third-order valence-electron chi connectivity index (χ3n) is 5.08. The maximum atomic E-state index is 12.7. The number of aromatic nitrogens is 2. The maximum Gasteiger partial charge on any atom is 0.260 e. The van der Waals surface area contributed by atoms with E-state index in [2.05, 4.69) is 20.6 Å². The molecule has 34 heavy (non-hydrogen) atoms. The van der Waals surface area contributed by atoms with Crippen molar-refractivity contribution >= 4 is 56.3 Å². The van der Waals surface area contributed by atoms with E-state index in [-0.39, 0.29) is 17.2 Å². The van der Waals surface area contributed by atoms with Crippen LogP contribution in [0.4, 0.5) is 17.1 Å². The third kappa shape index (κ3) is 5.03. The molecule has 0 aliphatic rings. The maximum absolute atomic E-state index is 12.7. The molecule has 3 N–H and O–H groups in total. The summed E-state index contributed by atoms with van der Waals surface area (Å²) in [5.41, 5.74) is 4.27. The van der Waals surface area contributed by atoms with Gasteiger partial charge in [-0.1, -0.05) is 60.3 Å². The summed E-state index contributed by atoms with van der Waals surface area (Å²) in [5.74, 6) is -0.0391. The number of fused-ring (bicyclic) bond motifs is 1. The minimum atomic E-state index is -0.200. The van der Waals surface area contributed by atoms with Gasteiger partial charge >= 0.3 is 0 Å². The van der Waals surface area contributed by atoms with Crippen LogP contribution in [0, 0.1) is 0 Å². The number of para-hydroxylation sites is 1. The van der Waals surface area contributed by atoms with Crippen molar-refractivity contribution in [3.8, 4) is 11.1 Å². The summed E-state index contributed by atoms with van der Waals surface area (Å²) < 4.78 is 0. The highest BCUT2D eigenvalue weighted by atomic mass is 32.2. The Morgan fingerprint density at radius 1 is 0.882 bits per heavy atom. The van der Waals surface area contributed by atoms with E-state index in [0.717, 1.165) is 22.5 Å². The molecule has 0 aliphatic carbocycles. The Kier molecular flexibility index (Phi) is 6.42. The number of benzene rings is 3. The molecule has 1 amide bonds. The predicted molar refractivity (Wildman–Crippen MR) is 141 cm³/mol. The van der Waals surface area contributed by atoms with Crippen LogP contribution in [0.5, 0.6) is 0 Å². The molecular formula is C26H20N4O2S2. The average Bonchev–Trinajstić information content (AvgIpc) is 3.30. The molecule has 0 fully saturated rings. The first-order chi connectivity index (χ1) is 16.7. The van der Waals surface area contributed by atoms with Gasteiger partial charge in [0.25, 0.3) is 5.56 Å². The van der Waals surface area contributed by atoms with Crippen molar-refractivity contribution in [2.75, 3.05) is 16.4 Å². The molecule has 6 nitrogen and oxygen atoms in total. The van der Waals surface area contributed by atoms with E-state index in [1.165, 1.54) is 23.1 Å². The number of thiophene rings is 1.